The molecule has 0 unspecified atom stereocenters. The zero-order valence-electron chi connectivity index (χ0n) is 14.3. The number of hydrogen-bond donors (Lipinski definition) is 0. The highest BCUT2D eigenvalue weighted by molar-refractivity contribution is 7.22. The number of thiazole rings is 1. The van der Waals surface area contributed by atoms with Gasteiger partial charge in [0, 0.05) is 32.6 Å². The lowest BCUT2D eigenvalue weighted by molar-refractivity contribution is -0.137. The third-order valence-corrected chi connectivity index (χ3v) is 6.63. The van der Waals surface area contributed by atoms with Crippen molar-refractivity contribution in [3.63, 3.8) is 0 Å². The van der Waals surface area contributed by atoms with Crippen molar-refractivity contribution < 1.29 is 4.79 Å². The second kappa shape index (κ2) is 6.71. The molecule has 4 nitrogen and oxygen atoms in total. The van der Waals surface area contributed by atoms with E-state index in [1.165, 1.54) is 11.1 Å². The standard InChI is InChI=1S/C19H25N3OS/c1-21(18(23)15-5-4-6-15)13-14-9-11-22(12-10-14)19-20-16-7-2-3-8-17(16)24-19/h2-3,7-8,14-15H,4-6,9-13H2,1H3. The van der Waals surface area contributed by atoms with Crippen LogP contribution in [-0.2, 0) is 4.79 Å². The van der Waals surface area contributed by atoms with Crippen molar-refractivity contribution in [1.82, 2.24) is 9.88 Å². The summed E-state index contributed by atoms with van der Waals surface area (Å²) in [4.78, 5) is 21.5. The largest absolute Gasteiger partial charge is 0.348 e. The molecule has 1 amide bonds. The molecule has 2 fully saturated rings. The average molecular weight is 343 g/mol. The number of para-hydroxylation sites is 1. The molecule has 2 aromatic rings. The van der Waals surface area contributed by atoms with Crippen LogP contribution in [0.25, 0.3) is 10.2 Å². The average Bonchev–Trinajstić information content (AvgIpc) is 2.98. The number of hydrogen-bond acceptors (Lipinski definition) is 4. The minimum Gasteiger partial charge on any atom is -0.348 e. The van der Waals surface area contributed by atoms with E-state index < -0.39 is 0 Å². The fourth-order valence-corrected chi connectivity index (χ4v) is 4.76. The van der Waals surface area contributed by atoms with Gasteiger partial charge in [0.15, 0.2) is 5.13 Å². The van der Waals surface area contributed by atoms with E-state index in [0.29, 0.717) is 17.7 Å². The highest BCUT2D eigenvalue weighted by Crippen LogP contribution is 2.32. The number of carbonyl (C=O) groups excluding carboxylic acids is 1. The van der Waals surface area contributed by atoms with Crippen molar-refractivity contribution in [2.75, 3.05) is 31.6 Å². The molecule has 1 aliphatic heterocycles. The fourth-order valence-electron chi connectivity index (χ4n) is 3.75. The second-order valence-electron chi connectivity index (χ2n) is 7.24. The van der Waals surface area contributed by atoms with Gasteiger partial charge in [0.05, 0.1) is 10.2 Å². The molecule has 0 radical (unpaired) electrons. The molecule has 1 aromatic heterocycles. The quantitative estimate of drug-likeness (QED) is 0.848. The lowest BCUT2D eigenvalue weighted by Gasteiger charge is -2.35. The third-order valence-electron chi connectivity index (χ3n) is 5.53. The van der Waals surface area contributed by atoms with Crippen LogP contribution in [-0.4, -0.2) is 42.5 Å². The van der Waals surface area contributed by atoms with E-state index in [0.717, 1.165) is 56.0 Å². The molecule has 0 atom stereocenters. The van der Waals surface area contributed by atoms with Crippen molar-refractivity contribution in [3.05, 3.63) is 24.3 Å². The highest BCUT2D eigenvalue weighted by atomic mass is 32.1. The lowest BCUT2D eigenvalue weighted by Crippen LogP contribution is -2.42. The Balaban J connectivity index is 1.32. The summed E-state index contributed by atoms with van der Waals surface area (Å²) in [5.74, 6) is 1.32. The molecular formula is C19H25N3OS. The number of benzene rings is 1. The topological polar surface area (TPSA) is 36.4 Å². The molecule has 2 aliphatic rings. The van der Waals surface area contributed by atoms with E-state index >= 15 is 0 Å². The minimum atomic E-state index is 0.317. The molecule has 1 aromatic carbocycles. The fraction of sp³-hybridized carbons (Fsp3) is 0.579. The Morgan fingerprint density at radius 1 is 1.25 bits per heavy atom. The highest BCUT2D eigenvalue weighted by Gasteiger charge is 2.30. The summed E-state index contributed by atoms with van der Waals surface area (Å²) >= 11 is 1.79. The number of piperidine rings is 1. The smallest absolute Gasteiger partial charge is 0.225 e. The third kappa shape index (κ3) is 3.14. The van der Waals surface area contributed by atoms with Crippen LogP contribution in [0.4, 0.5) is 5.13 Å². The maximum atomic E-state index is 12.3. The van der Waals surface area contributed by atoms with Crippen LogP contribution in [0, 0.1) is 11.8 Å². The van der Waals surface area contributed by atoms with E-state index in [2.05, 4.69) is 23.1 Å². The maximum absolute atomic E-state index is 12.3. The first-order chi connectivity index (χ1) is 11.7. The van der Waals surface area contributed by atoms with Gasteiger partial charge in [-0.25, -0.2) is 4.98 Å². The monoisotopic (exact) mass is 343 g/mol. The summed E-state index contributed by atoms with van der Waals surface area (Å²) in [6.07, 6.45) is 5.72. The maximum Gasteiger partial charge on any atom is 0.225 e. The number of aromatic nitrogens is 1. The lowest BCUT2D eigenvalue weighted by atomic mass is 9.84. The summed E-state index contributed by atoms with van der Waals surface area (Å²) < 4.78 is 1.26. The zero-order chi connectivity index (χ0) is 16.5. The minimum absolute atomic E-state index is 0.317. The first-order valence-electron chi connectivity index (χ1n) is 9.06. The van der Waals surface area contributed by atoms with E-state index in [1.54, 1.807) is 11.3 Å². The van der Waals surface area contributed by atoms with Crippen LogP contribution in [0.1, 0.15) is 32.1 Å². The Hall–Kier alpha value is -1.62. The number of amides is 1. The van der Waals surface area contributed by atoms with E-state index in [-0.39, 0.29) is 0 Å². The number of carbonyl (C=O) groups is 1. The van der Waals surface area contributed by atoms with Gasteiger partial charge in [-0.15, -0.1) is 0 Å². The molecule has 1 aliphatic carbocycles. The molecule has 1 saturated heterocycles. The van der Waals surface area contributed by atoms with Gasteiger partial charge >= 0.3 is 0 Å². The van der Waals surface area contributed by atoms with E-state index in [4.69, 9.17) is 4.98 Å². The zero-order valence-corrected chi connectivity index (χ0v) is 15.1. The van der Waals surface area contributed by atoms with Crippen LogP contribution in [0.3, 0.4) is 0 Å². The van der Waals surface area contributed by atoms with Crippen molar-refractivity contribution >= 4 is 32.6 Å². The van der Waals surface area contributed by atoms with Crippen LogP contribution >= 0.6 is 11.3 Å². The summed E-state index contributed by atoms with van der Waals surface area (Å²) in [6.45, 7) is 3.02. The van der Waals surface area contributed by atoms with E-state index in [9.17, 15) is 4.79 Å². The molecule has 1 saturated carbocycles. The van der Waals surface area contributed by atoms with Crippen LogP contribution in [0.2, 0.25) is 0 Å². The van der Waals surface area contributed by atoms with Gasteiger partial charge in [0.2, 0.25) is 5.91 Å². The first kappa shape index (κ1) is 15.9. The molecule has 0 bridgehead atoms. The van der Waals surface area contributed by atoms with Gasteiger partial charge in [-0.05, 0) is 43.7 Å². The van der Waals surface area contributed by atoms with Gasteiger partial charge in [0.25, 0.3) is 0 Å². The van der Waals surface area contributed by atoms with Gasteiger partial charge in [-0.1, -0.05) is 29.9 Å². The summed E-state index contributed by atoms with van der Waals surface area (Å²) in [5.41, 5.74) is 1.10. The van der Waals surface area contributed by atoms with Crippen LogP contribution in [0.15, 0.2) is 24.3 Å². The first-order valence-corrected chi connectivity index (χ1v) is 9.88. The molecule has 5 heteroatoms. The summed E-state index contributed by atoms with van der Waals surface area (Å²) in [6, 6.07) is 8.35. The molecular weight excluding hydrogens is 318 g/mol. The number of nitrogens with zero attached hydrogens (tertiary/aromatic N) is 3. The Morgan fingerprint density at radius 3 is 2.67 bits per heavy atom. The predicted molar refractivity (Wildman–Crippen MR) is 99.5 cm³/mol. The Kier molecular flexibility index (Phi) is 4.44. The van der Waals surface area contributed by atoms with Gasteiger partial charge in [-0.3, -0.25) is 4.79 Å². The van der Waals surface area contributed by atoms with Gasteiger partial charge in [-0.2, -0.15) is 0 Å². The molecule has 24 heavy (non-hydrogen) atoms. The molecule has 4 rings (SSSR count). The van der Waals surface area contributed by atoms with Gasteiger partial charge < -0.3 is 9.80 Å². The van der Waals surface area contributed by atoms with Crippen molar-refractivity contribution in [3.8, 4) is 0 Å². The second-order valence-corrected chi connectivity index (χ2v) is 8.25. The SMILES string of the molecule is CN(CC1CCN(c2nc3ccccc3s2)CC1)C(=O)C1CCC1. The van der Waals surface area contributed by atoms with Crippen LogP contribution < -0.4 is 4.90 Å². The van der Waals surface area contributed by atoms with E-state index in [1.807, 2.05) is 18.0 Å². The number of anilines is 1. The Morgan fingerprint density at radius 2 is 2.00 bits per heavy atom. The number of rotatable bonds is 4. The van der Waals surface area contributed by atoms with Crippen molar-refractivity contribution in [1.29, 1.82) is 0 Å². The Bertz CT molecular complexity index is 683. The van der Waals surface area contributed by atoms with Crippen LogP contribution in [0.5, 0.6) is 0 Å². The number of fused-ring (bicyclic) bond motifs is 1. The molecule has 128 valence electrons. The molecule has 2 heterocycles. The Labute approximate surface area is 147 Å². The van der Waals surface area contributed by atoms with Crippen molar-refractivity contribution in [2.45, 2.75) is 32.1 Å². The summed E-state index contributed by atoms with van der Waals surface area (Å²) in [5, 5.41) is 1.15. The molecule has 0 spiro atoms. The van der Waals surface area contributed by atoms with Crippen molar-refractivity contribution in [2.24, 2.45) is 11.8 Å². The summed E-state index contributed by atoms with van der Waals surface area (Å²) in [7, 11) is 1.99. The molecule has 0 N–H and O–H groups in total. The van der Waals surface area contributed by atoms with Gasteiger partial charge in [0.1, 0.15) is 0 Å². The normalized spacial score (nSPS) is 19.5. The predicted octanol–water partition coefficient (Wildman–Crippen LogP) is 3.77.